The third-order valence-electron chi connectivity index (χ3n) is 5.94. The lowest BCUT2D eigenvalue weighted by Crippen LogP contribution is -2.27. The van der Waals surface area contributed by atoms with Crippen LogP contribution in [0.1, 0.15) is 54.7 Å². The van der Waals surface area contributed by atoms with Gasteiger partial charge in [-0.3, -0.25) is 14.6 Å². The Morgan fingerprint density at radius 2 is 1.76 bits per heavy atom. The highest BCUT2D eigenvalue weighted by molar-refractivity contribution is 6.05. The van der Waals surface area contributed by atoms with Gasteiger partial charge in [0.05, 0.1) is 11.0 Å². The van der Waals surface area contributed by atoms with Gasteiger partial charge in [-0.15, -0.1) is 0 Å². The molecule has 9 heteroatoms. The van der Waals surface area contributed by atoms with Crippen LogP contribution in [0.3, 0.4) is 0 Å². The van der Waals surface area contributed by atoms with E-state index >= 15 is 0 Å². The van der Waals surface area contributed by atoms with Crippen molar-refractivity contribution in [2.45, 2.75) is 45.9 Å². The standard InChI is InChI=1S/C25H23F4NO4/c1-3-24(2,23(32)33)11-10-20(31)18-12-19(26)16-6-4-5-7-17(16)22(18)34-14-15-8-9-21(30-13-15)25(27,28)29/h4-9,12-13H,3,10-11,14H2,1-2H3,(H,32,33)/t24-/m0/s1. The molecule has 34 heavy (non-hydrogen) atoms. The van der Waals surface area contributed by atoms with Crippen molar-refractivity contribution in [2.24, 2.45) is 5.41 Å². The predicted molar refractivity (Wildman–Crippen MR) is 117 cm³/mol. The summed E-state index contributed by atoms with van der Waals surface area (Å²) in [6.45, 7) is 3.04. The SMILES string of the molecule is CC[C@@](C)(CCC(=O)c1cc(F)c2ccccc2c1OCc1ccc(C(F)(F)F)nc1)C(=O)O. The van der Waals surface area contributed by atoms with E-state index in [4.69, 9.17) is 4.74 Å². The van der Waals surface area contributed by atoms with E-state index in [0.29, 0.717) is 17.4 Å². The van der Waals surface area contributed by atoms with Gasteiger partial charge < -0.3 is 9.84 Å². The molecule has 1 atom stereocenters. The maximum atomic E-state index is 14.8. The molecule has 3 rings (SSSR count). The first kappa shape index (κ1) is 25.1. The van der Waals surface area contributed by atoms with E-state index in [0.717, 1.165) is 18.3 Å². The molecule has 0 saturated carbocycles. The predicted octanol–water partition coefficient (Wildman–Crippen LogP) is 6.44. The Bertz CT molecular complexity index is 1210. The first-order valence-corrected chi connectivity index (χ1v) is 10.6. The maximum Gasteiger partial charge on any atom is 0.433 e. The normalized spacial score (nSPS) is 13.5. The van der Waals surface area contributed by atoms with E-state index in [-0.39, 0.29) is 36.1 Å². The van der Waals surface area contributed by atoms with E-state index in [1.54, 1.807) is 32.0 Å². The number of carbonyl (C=O) groups excluding carboxylic acids is 1. The molecular weight excluding hydrogens is 454 g/mol. The van der Waals surface area contributed by atoms with Crippen molar-refractivity contribution in [2.75, 3.05) is 0 Å². The number of aliphatic carboxylic acids is 1. The van der Waals surface area contributed by atoms with Crippen LogP contribution in [0, 0.1) is 11.2 Å². The van der Waals surface area contributed by atoms with Crippen LogP contribution in [0.25, 0.3) is 10.8 Å². The number of halogens is 4. The molecule has 1 aromatic heterocycles. The summed E-state index contributed by atoms with van der Waals surface area (Å²) in [5.74, 6) is -2.08. The molecule has 0 saturated heterocycles. The maximum absolute atomic E-state index is 14.8. The fourth-order valence-corrected chi connectivity index (χ4v) is 3.46. The largest absolute Gasteiger partial charge is 0.487 e. The Balaban J connectivity index is 1.93. The van der Waals surface area contributed by atoms with Crippen LogP contribution in [0.2, 0.25) is 0 Å². The number of carboxylic acid groups (broad SMARTS) is 1. The van der Waals surface area contributed by atoms with Gasteiger partial charge in [0, 0.05) is 29.0 Å². The van der Waals surface area contributed by atoms with Crippen molar-refractivity contribution in [3.05, 3.63) is 71.3 Å². The van der Waals surface area contributed by atoms with Crippen LogP contribution in [-0.2, 0) is 17.6 Å². The quantitative estimate of drug-likeness (QED) is 0.284. The first-order chi connectivity index (χ1) is 16.0. The summed E-state index contributed by atoms with van der Waals surface area (Å²) in [7, 11) is 0. The minimum atomic E-state index is -4.57. The Hall–Kier alpha value is -3.49. The van der Waals surface area contributed by atoms with Crippen molar-refractivity contribution in [3.63, 3.8) is 0 Å². The average Bonchev–Trinajstić information content (AvgIpc) is 2.81. The van der Waals surface area contributed by atoms with E-state index in [1.807, 2.05) is 0 Å². The zero-order valence-electron chi connectivity index (χ0n) is 18.6. The Morgan fingerprint density at radius 1 is 1.09 bits per heavy atom. The van der Waals surface area contributed by atoms with Gasteiger partial charge in [-0.25, -0.2) is 4.39 Å². The van der Waals surface area contributed by atoms with Gasteiger partial charge >= 0.3 is 12.1 Å². The van der Waals surface area contributed by atoms with Crippen LogP contribution >= 0.6 is 0 Å². The van der Waals surface area contributed by atoms with E-state index in [1.165, 1.54) is 12.1 Å². The molecule has 5 nitrogen and oxygen atoms in total. The number of rotatable bonds is 9. The van der Waals surface area contributed by atoms with Crippen LogP contribution in [0.4, 0.5) is 17.6 Å². The molecule has 0 bridgehead atoms. The lowest BCUT2D eigenvalue weighted by atomic mass is 9.81. The van der Waals surface area contributed by atoms with Gasteiger partial charge in [-0.1, -0.05) is 37.3 Å². The summed E-state index contributed by atoms with van der Waals surface area (Å²) in [4.78, 5) is 28.0. The second-order valence-corrected chi connectivity index (χ2v) is 8.26. The molecular formula is C25H23F4NO4. The summed E-state index contributed by atoms with van der Waals surface area (Å²) < 4.78 is 58.8. The highest BCUT2D eigenvalue weighted by Gasteiger charge is 2.33. The zero-order chi connectivity index (χ0) is 25.1. The molecule has 1 N–H and O–H groups in total. The number of ketones is 1. The van der Waals surface area contributed by atoms with Crippen molar-refractivity contribution in [1.82, 2.24) is 4.98 Å². The van der Waals surface area contributed by atoms with Gasteiger partial charge in [-0.2, -0.15) is 13.2 Å². The van der Waals surface area contributed by atoms with Crippen molar-refractivity contribution >= 4 is 22.5 Å². The number of carbonyl (C=O) groups is 2. The molecule has 0 fully saturated rings. The number of benzene rings is 2. The highest BCUT2D eigenvalue weighted by Crippen LogP contribution is 2.35. The molecule has 0 aliphatic rings. The van der Waals surface area contributed by atoms with Gasteiger partial charge in [0.2, 0.25) is 0 Å². The number of hydrogen-bond donors (Lipinski definition) is 1. The van der Waals surface area contributed by atoms with E-state index in [2.05, 4.69) is 4.98 Å². The Morgan fingerprint density at radius 3 is 2.32 bits per heavy atom. The van der Waals surface area contributed by atoms with Crippen molar-refractivity contribution in [3.8, 4) is 5.75 Å². The topological polar surface area (TPSA) is 76.5 Å². The first-order valence-electron chi connectivity index (χ1n) is 10.6. The highest BCUT2D eigenvalue weighted by atomic mass is 19.4. The van der Waals surface area contributed by atoms with Gasteiger partial charge in [-0.05, 0) is 31.9 Å². The van der Waals surface area contributed by atoms with E-state index < -0.39 is 34.9 Å². The molecule has 0 aliphatic heterocycles. The van der Waals surface area contributed by atoms with Gasteiger partial charge in [0.25, 0.3) is 0 Å². The number of alkyl halides is 3. The number of aromatic nitrogens is 1. The molecule has 0 spiro atoms. The number of Topliss-reactive ketones (excluding diaryl/α,β-unsaturated/α-hetero) is 1. The molecule has 0 unspecified atom stereocenters. The third kappa shape index (κ3) is 5.35. The molecule has 0 radical (unpaired) electrons. The average molecular weight is 477 g/mol. The van der Waals surface area contributed by atoms with Crippen LogP contribution in [-0.4, -0.2) is 21.8 Å². The van der Waals surface area contributed by atoms with E-state index in [9.17, 15) is 32.3 Å². The molecule has 2 aromatic carbocycles. The smallest absolute Gasteiger partial charge is 0.433 e. The number of ether oxygens (including phenoxy) is 1. The van der Waals surface area contributed by atoms with Crippen molar-refractivity contribution < 1.29 is 37.0 Å². The van der Waals surface area contributed by atoms with Crippen LogP contribution < -0.4 is 4.74 Å². The van der Waals surface area contributed by atoms with Crippen LogP contribution in [0.15, 0.2) is 48.7 Å². The molecule has 3 aromatic rings. The summed E-state index contributed by atoms with van der Waals surface area (Å²) >= 11 is 0. The fourth-order valence-electron chi connectivity index (χ4n) is 3.46. The number of fused-ring (bicyclic) bond motifs is 1. The monoisotopic (exact) mass is 477 g/mol. The minimum Gasteiger partial charge on any atom is -0.487 e. The molecule has 1 heterocycles. The molecule has 0 amide bonds. The Kier molecular flexibility index (Phi) is 7.24. The fraction of sp³-hybridized carbons (Fsp3) is 0.320. The summed E-state index contributed by atoms with van der Waals surface area (Å²) in [5, 5.41) is 10.00. The van der Waals surface area contributed by atoms with Crippen LogP contribution in [0.5, 0.6) is 5.75 Å². The second kappa shape index (κ2) is 9.79. The van der Waals surface area contributed by atoms with Crippen molar-refractivity contribution in [1.29, 1.82) is 0 Å². The summed E-state index contributed by atoms with van der Waals surface area (Å²) in [5.41, 5.74) is -1.89. The number of hydrogen-bond acceptors (Lipinski definition) is 4. The van der Waals surface area contributed by atoms with Gasteiger partial charge in [0.1, 0.15) is 23.9 Å². The summed E-state index contributed by atoms with van der Waals surface area (Å²) in [6.07, 6.45) is -3.34. The Labute approximate surface area is 193 Å². The number of nitrogens with zero attached hydrogens (tertiary/aromatic N) is 1. The third-order valence-corrected chi connectivity index (χ3v) is 5.94. The lowest BCUT2D eigenvalue weighted by Gasteiger charge is -2.22. The minimum absolute atomic E-state index is 0.0500. The lowest BCUT2D eigenvalue weighted by molar-refractivity contribution is -0.148. The van der Waals surface area contributed by atoms with Gasteiger partial charge in [0.15, 0.2) is 5.78 Å². The number of pyridine rings is 1. The zero-order valence-corrected chi connectivity index (χ0v) is 18.6. The molecule has 0 aliphatic carbocycles. The number of carboxylic acids is 1. The summed E-state index contributed by atoms with van der Waals surface area (Å²) in [6, 6.07) is 9.44. The molecule has 180 valence electrons. The second-order valence-electron chi connectivity index (χ2n) is 8.26.